The lowest BCUT2D eigenvalue weighted by Crippen LogP contribution is -2.40. The number of carbonyl (C=O) groups excluding carboxylic acids is 1. The first kappa shape index (κ1) is 20.4. The molecule has 1 amide bonds. The summed E-state index contributed by atoms with van der Waals surface area (Å²) in [5.41, 5.74) is 2.65. The third kappa shape index (κ3) is 4.73. The third-order valence-corrected chi connectivity index (χ3v) is 5.45. The summed E-state index contributed by atoms with van der Waals surface area (Å²) >= 11 is 0. The van der Waals surface area contributed by atoms with Gasteiger partial charge in [0.15, 0.2) is 0 Å². The van der Waals surface area contributed by atoms with Gasteiger partial charge in [-0.25, -0.2) is 0 Å². The number of aryl methyl sites for hydroxylation is 1. The molecule has 1 fully saturated rings. The zero-order valence-corrected chi connectivity index (χ0v) is 17.3. The van der Waals surface area contributed by atoms with Gasteiger partial charge in [0.1, 0.15) is 11.4 Å². The van der Waals surface area contributed by atoms with Crippen LogP contribution >= 0.6 is 0 Å². The van der Waals surface area contributed by atoms with Crippen molar-refractivity contribution in [1.82, 2.24) is 15.1 Å². The van der Waals surface area contributed by atoms with Gasteiger partial charge in [0.25, 0.3) is 5.91 Å². The van der Waals surface area contributed by atoms with Crippen molar-refractivity contribution in [2.24, 2.45) is 5.92 Å². The van der Waals surface area contributed by atoms with Gasteiger partial charge in [0.05, 0.1) is 18.4 Å². The lowest BCUT2D eigenvalue weighted by Gasteiger charge is -2.34. The number of nitrogens with zero attached hydrogens (tertiary/aromatic N) is 2. The second-order valence-electron chi connectivity index (χ2n) is 8.31. The number of amides is 1. The maximum atomic E-state index is 12.9. The molecular weight excluding hydrogens is 354 g/mol. The highest BCUT2D eigenvalue weighted by Gasteiger charge is 2.28. The Kier molecular flexibility index (Phi) is 6.08. The second kappa shape index (κ2) is 8.35. The number of aliphatic hydroxyl groups is 1. The van der Waals surface area contributed by atoms with E-state index in [1.165, 1.54) is 5.56 Å². The average molecular weight is 386 g/mol. The highest BCUT2D eigenvalue weighted by Crippen LogP contribution is 2.31. The van der Waals surface area contributed by atoms with Crippen LogP contribution in [0.1, 0.15) is 56.1 Å². The van der Waals surface area contributed by atoms with Gasteiger partial charge >= 0.3 is 0 Å². The maximum Gasteiger partial charge on any atom is 0.271 e. The van der Waals surface area contributed by atoms with Crippen molar-refractivity contribution in [3.63, 3.8) is 0 Å². The summed E-state index contributed by atoms with van der Waals surface area (Å²) in [7, 11) is 1.64. The lowest BCUT2D eigenvalue weighted by atomic mass is 9.86. The Morgan fingerprint density at radius 1 is 1.32 bits per heavy atom. The van der Waals surface area contributed by atoms with Crippen LogP contribution in [0.5, 0.6) is 5.75 Å². The van der Waals surface area contributed by atoms with Gasteiger partial charge in [-0.15, -0.1) is 0 Å². The van der Waals surface area contributed by atoms with Crippen molar-refractivity contribution in [3.05, 3.63) is 35.5 Å². The summed E-state index contributed by atoms with van der Waals surface area (Å²) in [5, 5.41) is 17.3. The Morgan fingerprint density at radius 3 is 2.64 bits per heavy atom. The number of aromatic nitrogens is 2. The molecule has 0 bridgehead atoms. The fourth-order valence-corrected chi connectivity index (χ4v) is 3.96. The van der Waals surface area contributed by atoms with E-state index in [0.29, 0.717) is 30.4 Å². The molecule has 0 atom stereocenters. The lowest BCUT2D eigenvalue weighted by molar-refractivity contribution is 0.0357. The largest absolute Gasteiger partial charge is 0.496 e. The van der Waals surface area contributed by atoms with Crippen molar-refractivity contribution >= 4 is 5.91 Å². The SMILES string of the molecule is CCc1ccc(OC)c(-c2cc(C(=O)N3CCC(CC(C)(C)O)CC3)[nH]n2)c1. The van der Waals surface area contributed by atoms with Gasteiger partial charge in [0.2, 0.25) is 0 Å². The number of nitrogens with one attached hydrogen (secondary N) is 1. The molecule has 1 saturated heterocycles. The standard InChI is InChI=1S/C22H31N3O3/c1-5-15-6-7-20(28-4)17(12-15)18-13-19(24-23-18)21(26)25-10-8-16(9-11-25)14-22(2,3)27/h6-7,12-13,16,27H,5,8-11,14H2,1-4H3,(H,23,24). The molecule has 0 unspecified atom stereocenters. The van der Waals surface area contributed by atoms with Gasteiger partial charge in [-0.05, 0) is 69.2 Å². The number of methoxy groups -OCH3 is 1. The number of piperidine rings is 1. The molecular formula is C22H31N3O3. The Bertz CT molecular complexity index is 815. The second-order valence-corrected chi connectivity index (χ2v) is 8.31. The summed E-state index contributed by atoms with van der Waals surface area (Å²) in [6, 6.07) is 7.85. The minimum atomic E-state index is -0.652. The highest BCUT2D eigenvalue weighted by atomic mass is 16.5. The summed E-state index contributed by atoms with van der Waals surface area (Å²) in [5.74, 6) is 1.18. The molecule has 1 aliphatic rings. The van der Waals surface area contributed by atoms with E-state index < -0.39 is 5.60 Å². The molecule has 152 valence electrons. The van der Waals surface area contributed by atoms with E-state index in [1.807, 2.05) is 36.9 Å². The number of likely N-dealkylation sites (tertiary alicyclic amines) is 1. The van der Waals surface area contributed by atoms with Crippen LogP contribution in [-0.4, -0.2) is 51.9 Å². The number of benzene rings is 1. The summed E-state index contributed by atoms with van der Waals surface area (Å²) in [4.78, 5) is 14.8. The quantitative estimate of drug-likeness (QED) is 0.795. The third-order valence-electron chi connectivity index (χ3n) is 5.45. The minimum absolute atomic E-state index is 0.0222. The minimum Gasteiger partial charge on any atom is -0.496 e. The Morgan fingerprint density at radius 2 is 2.04 bits per heavy atom. The predicted octanol–water partition coefficient (Wildman–Crippen LogP) is 3.66. The molecule has 2 N–H and O–H groups in total. The number of hydrogen-bond acceptors (Lipinski definition) is 4. The average Bonchev–Trinajstić information content (AvgIpc) is 3.16. The van der Waals surface area contributed by atoms with Crippen LogP contribution in [0.4, 0.5) is 0 Å². The van der Waals surface area contributed by atoms with E-state index in [-0.39, 0.29) is 5.91 Å². The molecule has 2 heterocycles. The smallest absolute Gasteiger partial charge is 0.271 e. The highest BCUT2D eigenvalue weighted by molar-refractivity contribution is 5.93. The molecule has 28 heavy (non-hydrogen) atoms. The van der Waals surface area contributed by atoms with E-state index >= 15 is 0 Å². The number of rotatable bonds is 6. The number of hydrogen-bond donors (Lipinski definition) is 2. The fraction of sp³-hybridized carbons (Fsp3) is 0.545. The summed E-state index contributed by atoms with van der Waals surface area (Å²) in [6.07, 6.45) is 3.54. The first-order valence-corrected chi connectivity index (χ1v) is 10.0. The van der Waals surface area contributed by atoms with E-state index in [4.69, 9.17) is 4.74 Å². The molecule has 1 aromatic carbocycles. The fourth-order valence-electron chi connectivity index (χ4n) is 3.96. The van der Waals surface area contributed by atoms with E-state index in [9.17, 15) is 9.90 Å². The Hall–Kier alpha value is -2.34. The van der Waals surface area contributed by atoms with Crippen LogP contribution in [0.3, 0.4) is 0 Å². The molecule has 0 saturated carbocycles. The molecule has 6 nitrogen and oxygen atoms in total. The van der Waals surface area contributed by atoms with E-state index in [2.05, 4.69) is 23.2 Å². The zero-order valence-electron chi connectivity index (χ0n) is 17.3. The van der Waals surface area contributed by atoms with Crippen LogP contribution < -0.4 is 4.74 Å². The first-order valence-electron chi connectivity index (χ1n) is 10.0. The van der Waals surface area contributed by atoms with Crippen molar-refractivity contribution in [1.29, 1.82) is 0 Å². The molecule has 3 rings (SSSR count). The van der Waals surface area contributed by atoms with Crippen LogP contribution in [0, 0.1) is 5.92 Å². The number of aromatic amines is 1. The zero-order chi connectivity index (χ0) is 20.3. The predicted molar refractivity (Wildman–Crippen MR) is 109 cm³/mol. The normalized spacial score (nSPS) is 15.7. The molecule has 1 aliphatic heterocycles. The van der Waals surface area contributed by atoms with Crippen LogP contribution in [-0.2, 0) is 6.42 Å². The van der Waals surface area contributed by atoms with Gasteiger partial charge < -0.3 is 14.7 Å². The van der Waals surface area contributed by atoms with Crippen LogP contribution in [0.15, 0.2) is 24.3 Å². The van der Waals surface area contributed by atoms with Crippen molar-refractivity contribution in [3.8, 4) is 17.0 Å². The first-order chi connectivity index (χ1) is 13.3. The van der Waals surface area contributed by atoms with Crippen LogP contribution in [0.2, 0.25) is 0 Å². The molecule has 6 heteroatoms. The van der Waals surface area contributed by atoms with Gasteiger partial charge in [-0.2, -0.15) is 5.10 Å². The molecule has 1 aromatic heterocycles. The van der Waals surface area contributed by atoms with E-state index in [1.54, 1.807) is 7.11 Å². The summed E-state index contributed by atoms with van der Waals surface area (Å²) in [6.45, 7) is 7.22. The molecule has 2 aromatic rings. The monoisotopic (exact) mass is 385 g/mol. The van der Waals surface area contributed by atoms with E-state index in [0.717, 1.165) is 37.0 Å². The number of ether oxygens (including phenoxy) is 1. The molecule has 0 spiro atoms. The van der Waals surface area contributed by atoms with Crippen molar-refractivity contribution < 1.29 is 14.6 Å². The number of H-pyrrole nitrogens is 1. The molecule has 0 aliphatic carbocycles. The van der Waals surface area contributed by atoms with Crippen LogP contribution in [0.25, 0.3) is 11.3 Å². The Labute approximate surface area is 166 Å². The summed E-state index contributed by atoms with van der Waals surface area (Å²) < 4.78 is 5.47. The van der Waals surface area contributed by atoms with Gasteiger partial charge in [0, 0.05) is 18.7 Å². The number of carbonyl (C=O) groups is 1. The maximum absolute atomic E-state index is 12.9. The van der Waals surface area contributed by atoms with Crippen molar-refractivity contribution in [2.75, 3.05) is 20.2 Å². The van der Waals surface area contributed by atoms with Gasteiger partial charge in [-0.3, -0.25) is 9.89 Å². The molecule has 0 radical (unpaired) electrons. The topological polar surface area (TPSA) is 78.5 Å². The van der Waals surface area contributed by atoms with Crippen molar-refractivity contribution in [2.45, 2.75) is 52.1 Å². The van der Waals surface area contributed by atoms with Gasteiger partial charge in [-0.1, -0.05) is 13.0 Å². The Balaban J connectivity index is 1.70.